The van der Waals surface area contributed by atoms with Crippen LogP contribution in [0.15, 0.2) is 6.07 Å². The van der Waals surface area contributed by atoms with Crippen LogP contribution in [-0.4, -0.2) is 10.9 Å². The minimum Gasteiger partial charge on any atom is -0.397 e. The van der Waals surface area contributed by atoms with Gasteiger partial charge < -0.3 is 11.5 Å². The number of aromatic nitrogens is 1. The van der Waals surface area contributed by atoms with Gasteiger partial charge in [-0.3, -0.25) is 4.79 Å². The van der Waals surface area contributed by atoms with E-state index in [-0.39, 0.29) is 0 Å². The molecule has 0 spiro atoms. The number of nitrogens with two attached hydrogens (primary N) is 2. The van der Waals surface area contributed by atoms with Gasteiger partial charge in [0.1, 0.15) is 9.71 Å². The highest BCUT2D eigenvalue weighted by Gasteiger charge is 2.18. The third kappa shape index (κ3) is 2.18. The van der Waals surface area contributed by atoms with Crippen molar-refractivity contribution in [1.29, 1.82) is 0 Å². The van der Waals surface area contributed by atoms with E-state index < -0.39 is 5.91 Å². The smallest absolute Gasteiger partial charge is 0.260 e. The van der Waals surface area contributed by atoms with Crippen LogP contribution in [0.3, 0.4) is 0 Å². The fourth-order valence-electron chi connectivity index (χ4n) is 2.12. The highest BCUT2D eigenvalue weighted by atomic mass is 32.1. The lowest BCUT2D eigenvalue weighted by atomic mass is 9.99. The van der Waals surface area contributed by atoms with Crippen molar-refractivity contribution in [2.75, 3.05) is 5.73 Å². The number of carbonyl (C=O) groups is 1. The summed E-state index contributed by atoms with van der Waals surface area (Å²) >= 11 is 1.28. The van der Waals surface area contributed by atoms with Crippen molar-refractivity contribution in [2.24, 2.45) is 11.7 Å². The maximum Gasteiger partial charge on any atom is 0.260 e. The molecule has 0 saturated carbocycles. The van der Waals surface area contributed by atoms with Crippen molar-refractivity contribution in [3.05, 3.63) is 22.2 Å². The zero-order valence-electron chi connectivity index (χ0n) is 10.8. The number of pyridine rings is 1. The minimum absolute atomic E-state index is 0.410. The Hall–Kier alpha value is -1.62. The summed E-state index contributed by atoms with van der Waals surface area (Å²) in [6.45, 7) is 6.25. The van der Waals surface area contributed by atoms with Gasteiger partial charge in [0.15, 0.2) is 0 Å². The standard InChI is InChI=1S/C13H17N3OS/c1-6(2)4-8-5-7(3)16-13-9(8)10(14)11(18-13)12(15)17/h5-6H,4,14H2,1-3H3,(H2,15,17). The largest absolute Gasteiger partial charge is 0.397 e. The minimum atomic E-state index is -0.483. The number of hydrogen-bond acceptors (Lipinski definition) is 4. The van der Waals surface area contributed by atoms with Gasteiger partial charge in [-0.1, -0.05) is 13.8 Å². The van der Waals surface area contributed by atoms with E-state index in [4.69, 9.17) is 11.5 Å². The molecule has 0 aliphatic carbocycles. The van der Waals surface area contributed by atoms with Crippen molar-refractivity contribution in [1.82, 2.24) is 4.98 Å². The number of amides is 1. The predicted molar refractivity (Wildman–Crippen MR) is 75.8 cm³/mol. The van der Waals surface area contributed by atoms with Crippen LogP contribution in [0.25, 0.3) is 10.2 Å². The quantitative estimate of drug-likeness (QED) is 0.892. The van der Waals surface area contributed by atoms with Gasteiger partial charge in [-0.05, 0) is 30.9 Å². The number of fused-ring (bicyclic) bond motifs is 1. The Labute approximate surface area is 110 Å². The Bertz CT molecular complexity index is 616. The van der Waals surface area contributed by atoms with E-state index >= 15 is 0 Å². The monoisotopic (exact) mass is 263 g/mol. The topological polar surface area (TPSA) is 82.0 Å². The van der Waals surface area contributed by atoms with Crippen molar-refractivity contribution in [2.45, 2.75) is 27.2 Å². The summed E-state index contributed by atoms with van der Waals surface area (Å²) in [6, 6.07) is 2.04. The van der Waals surface area contributed by atoms with Crippen molar-refractivity contribution < 1.29 is 4.79 Å². The number of primary amides is 1. The normalized spacial score (nSPS) is 11.3. The highest BCUT2D eigenvalue weighted by Crippen LogP contribution is 2.35. The second-order valence-electron chi connectivity index (χ2n) is 4.91. The zero-order chi connectivity index (χ0) is 13.4. The Morgan fingerprint density at radius 3 is 2.72 bits per heavy atom. The Morgan fingerprint density at radius 2 is 2.17 bits per heavy atom. The number of nitrogen functional groups attached to an aromatic ring is 1. The van der Waals surface area contributed by atoms with E-state index in [0.717, 1.165) is 27.9 Å². The van der Waals surface area contributed by atoms with Crippen LogP contribution in [0.1, 0.15) is 34.8 Å². The van der Waals surface area contributed by atoms with E-state index in [1.807, 2.05) is 13.0 Å². The average Bonchev–Trinajstić information content (AvgIpc) is 2.54. The van der Waals surface area contributed by atoms with Crippen molar-refractivity contribution in [3.8, 4) is 0 Å². The molecule has 2 heterocycles. The molecule has 18 heavy (non-hydrogen) atoms. The molecule has 2 aromatic rings. The lowest BCUT2D eigenvalue weighted by Crippen LogP contribution is -2.10. The van der Waals surface area contributed by atoms with Crippen molar-refractivity contribution in [3.63, 3.8) is 0 Å². The summed E-state index contributed by atoms with van der Waals surface area (Å²) in [6.07, 6.45) is 0.916. The molecular weight excluding hydrogens is 246 g/mol. The Kier molecular flexibility index (Phi) is 3.26. The zero-order valence-corrected chi connectivity index (χ0v) is 11.6. The van der Waals surface area contributed by atoms with Crippen LogP contribution in [0.4, 0.5) is 5.69 Å². The van der Waals surface area contributed by atoms with E-state index in [0.29, 0.717) is 16.5 Å². The number of rotatable bonds is 3. The Balaban J connectivity index is 2.73. The lowest BCUT2D eigenvalue weighted by Gasteiger charge is -2.08. The molecule has 2 aromatic heterocycles. The van der Waals surface area contributed by atoms with Gasteiger partial charge in [-0.25, -0.2) is 4.98 Å². The van der Waals surface area contributed by atoms with Gasteiger partial charge in [-0.2, -0.15) is 0 Å². The first kappa shape index (κ1) is 12.8. The van der Waals surface area contributed by atoms with Gasteiger partial charge in [0.05, 0.1) is 5.69 Å². The van der Waals surface area contributed by atoms with Crippen molar-refractivity contribution >= 4 is 33.1 Å². The fraction of sp³-hybridized carbons (Fsp3) is 0.385. The molecule has 0 unspecified atom stereocenters. The van der Waals surface area contributed by atoms with Gasteiger partial charge in [-0.15, -0.1) is 11.3 Å². The molecule has 0 radical (unpaired) electrons. The molecule has 0 aliphatic heterocycles. The van der Waals surface area contributed by atoms with Crippen LogP contribution in [-0.2, 0) is 6.42 Å². The maximum atomic E-state index is 11.3. The number of nitrogens with zero attached hydrogens (tertiary/aromatic N) is 1. The molecule has 0 aliphatic rings. The molecule has 0 saturated heterocycles. The first-order chi connectivity index (χ1) is 8.40. The molecular formula is C13H17N3OS. The molecule has 4 nitrogen and oxygen atoms in total. The molecule has 0 atom stereocenters. The van der Waals surface area contributed by atoms with Crippen LogP contribution in [0, 0.1) is 12.8 Å². The third-order valence-corrected chi connectivity index (χ3v) is 3.87. The number of carbonyl (C=O) groups excluding carboxylic acids is 1. The van der Waals surface area contributed by atoms with E-state index in [1.54, 1.807) is 0 Å². The van der Waals surface area contributed by atoms with E-state index in [1.165, 1.54) is 11.3 Å². The summed E-state index contributed by atoms with van der Waals surface area (Å²) in [4.78, 5) is 17.0. The number of aryl methyl sites for hydroxylation is 1. The average molecular weight is 263 g/mol. The molecule has 2 rings (SSSR count). The first-order valence-corrected chi connectivity index (χ1v) is 6.70. The predicted octanol–water partition coefficient (Wildman–Crippen LogP) is 2.48. The molecule has 0 aromatic carbocycles. The molecule has 96 valence electrons. The van der Waals surface area contributed by atoms with Crippen LogP contribution in [0.2, 0.25) is 0 Å². The lowest BCUT2D eigenvalue weighted by molar-refractivity contribution is 0.100. The second-order valence-corrected chi connectivity index (χ2v) is 5.91. The van der Waals surface area contributed by atoms with Gasteiger partial charge >= 0.3 is 0 Å². The molecule has 0 bridgehead atoms. The number of anilines is 1. The van der Waals surface area contributed by atoms with Gasteiger partial charge in [0.25, 0.3) is 5.91 Å². The summed E-state index contributed by atoms with van der Waals surface area (Å²) in [5.74, 6) is 0.0370. The Morgan fingerprint density at radius 1 is 1.50 bits per heavy atom. The van der Waals surface area contributed by atoms with Crippen LogP contribution >= 0.6 is 11.3 Å². The van der Waals surface area contributed by atoms with E-state index in [2.05, 4.69) is 18.8 Å². The molecule has 5 heteroatoms. The number of thiophene rings is 1. The molecule has 0 fully saturated rings. The summed E-state index contributed by atoms with van der Waals surface area (Å²) < 4.78 is 0. The summed E-state index contributed by atoms with van der Waals surface area (Å²) in [7, 11) is 0. The first-order valence-electron chi connectivity index (χ1n) is 5.88. The molecule has 1 amide bonds. The fourth-order valence-corrected chi connectivity index (χ4v) is 3.16. The summed E-state index contributed by atoms with van der Waals surface area (Å²) in [5.41, 5.74) is 13.9. The van der Waals surface area contributed by atoms with Gasteiger partial charge in [0.2, 0.25) is 0 Å². The second kappa shape index (κ2) is 4.57. The maximum absolute atomic E-state index is 11.3. The third-order valence-electron chi connectivity index (χ3n) is 2.76. The highest BCUT2D eigenvalue weighted by molar-refractivity contribution is 7.21. The molecule has 4 N–H and O–H groups in total. The van der Waals surface area contributed by atoms with Gasteiger partial charge in [0, 0.05) is 11.1 Å². The SMILES string of the molecule is Cc1cc(CC(C)C)c2c(N)c(C(N)=O)sc2n1. The van der Waals surface area contributed by atoms with Crippen LogP contribution in [0.5, 0.6) is 0 Å². The summed E-state index contributed by atoms with van der Waals surface area (Å²) in [5, 5.41) is 0.896. The number of hydrogen-bond donors (Lipinski definition) is 2. The van der Waals surface area contributed by atoms with Crippen LogP contribution < -0.4 is 11.5 Å². The van der Waals surface area contributed by atoms with E-state index in [9.17, 15) is 4.79 Å².